The van der Waals surface area contributed by atoms with Crippen molar-refractivity contribution in [3.05, 3.63) is 58.1 Å². The maximum atomic E-state index is 12.6. The van der Waals surface area contributed by atoms with Crippen LogP contribution in [0.25, 0.3) is 0 Å². The molecular formula is C23H27ClN2O4. The Bertz CT molecular complexity index is 923. The molecule has 0 aliphatic carbocycles. The normalized spacial score (nSPS) is 14.3. The zero-order valence-corrected chi connectivity index (χ0v) is 18.3. The second-order valence-corrected chi connectivity index (χ2v) is 7.97. The molecular weight excluding hydrogens is 404 g/mol. The van der Waals surface area contributed by atoms with Gasteiger partial charge in [-0.25, -0.2) is 0 Å². The number of nitrogens with one attached hydrogen (secondary N) is 1. The van der Waals surface area contributed by atoms with Crippen LogP contribution >= 0.6 is 11.6 Å². The number of carbonyl (C=O) groups is 2. The number of ether oxygens (including phenoxy) is 2. The summed E-state index contributed by atoms with van der Waals surface area (Å²) in [6.07, 6.45) is 1.37. The van der Waals surface area contributed by atoms with Gasteiger partial charge in [-0.3, -0.25) is 9.59 Å². The molecule has 2 aromatic rings. The van der Waals surface area contributed by atoms with Crippen molar-refractivity contribution in [3.63, 3.8) is 0 Å². The number of hydrogen-bond donors (Lipinski definition) is 1. The van der Waals surface area contributed by atoms with Gasteiger partial charge >= 0.3 is 0 Å². The Labute approximate surface area is 182 Å². The van der Waals surface area contributed by atoms with E-state index in [9.17, 15) is 9.59 Å². The SMILES string of the molecule is COc1ccc(Cl)cc1C(=O)NC1CCN(C(=O)COc2ccc(C)cc2C)CC1. The molecule has 0 bridgehead atoms. The summed E-state index contributed by atoms with van der Waals surface area (Å²) in [4.78, 5) is 26.9. The lowest BCUT2D eigenvalue weighted by atomic mass is 10.0. The summed E-state index contributed by atoms with van der Waals surface area (Å²) >= 11 is 6.01. The predicted octanol–water partition coefficient (Wildman–Crippen LogP) is 3.77. The number of aryl methyl sites for hydroxylation is 2. The Morgan fingerprint density at radius 1 is 1.10 bits per heavy atom. The summed E-state index contributed by atoms with van der Waals surface area (Å²) in [6, 6.07) is 10.8. The topological polar surface area (TPSA) is 67.9 Å². The van der Waals surface area contributed by atoms with Crippen molar-refractivity contribution < 1.29 is 19.1 Å². The van der Waals surface area contributed by atoms with Gasteiger partial charge in [0.25, 0.3) is 11.8 Å². The molecule has 1 heterocycles. The molecule has 160 valence electrons. The molecule has 0 radical (unpaired) electrons. The molecule has 1 aliphatic rings. The van der Waals surface area contributed by atoms with Gasteiger partial charge in [-0.05, 0) is 56.5 Å². The molecule has 6 nitrogen and oxygen atoms in total. The van der Waals surface area contributed by atoms with Crippen molar-refractivity contribution in [1.29, 1.82) is 0 Å². The maximum Gasteiger partial charge on any atom is 0.260 e. The highest BCUT2D eigenvalue weighted by Gasteiger charge is 2.25. The molecule has 0 spiro atoms. The van der Waals surface area contributed by atoms with Gasteiger partial charge in [0.05, 0.1) is 12.7 Å². The minimum Gasteiger partial charge on any atom is -0.496 e. The van der Waals surface area contributed by atoms with Gasteiger partial charge in [0.1, 0.15) is 11.5 Å². The van der Waals surface area contributed by atoms with Crippen LogP contribution in [0.1, 0.15) is 34.3 Å². The summed E-state index contributed by atoms with van der Waals surface area (Å²) in [6.45, 7) is 5.16. The third-order valence-corrected chi connectivity index (χ3v) is 5.51. The molecule has 1 fully saturated rings. The average Bonchev–Trinajstić information content (AvgIpc) is 2.73. The van der Waals surface area contributed by atoms with Crippen molar-refractivity contribution in [3.8, 4) is 11.5 Å². The molecule has 3 rings (SSSR count). The molecule has 30 heavy (non-hydrogen) atoms. The van der Waals surface area contributed by atoms with Gasteiger partial charge in [-0.1, -0.05) is 29.3 Å². The van der Waals surface area contributed by atoms with Gasteiger partial charge in [0, 0.05) is 24.2 Å². The number of amides is 2. The van der Waals surface area contributed by atoms with E-state index in [1.165, 1.54) is 7.11 Å². The number of nitrogens with zero attached hydrogens (tertiary/aromatic N) is 1. The fourth-order valence-corrected chi connectivity index (χ4v) is 3.76. The third kappa shape index (κ3) is 5.45. The van der Waals surface area contributed by atoms with E-state index in [-0.39, 0.29) is 24.5 Å². The average molecular weight is 431 g/mol. The van der Waals surface area contributed by atoms with E-state index in [4.69, 9.17) is 21.1 Å². The first-order chi connectivity index (χ1) is 14.4. The quantitative estimate of drug-likeness (QED) is 0.757. The lowest BCUT2D eigenvalue weighted by Crippen LogP contribution is -2.47. The van der Waals surface area contributed by atoms with E-state index < -0.39 is 0 Å². The number of benzene rings is 2. The highest BCUT2D eigenvalue weighted by atomic mass is 35.5. The van der Waals surface area contributed by atoms with Gasteiger partial charge in [0.2, 0.25) is 0 Å². The minimum absolute atomic E-state index is 0.00880. The van der Waals surface area contributed by atoms with Crippen LogP contribution in [0.3, 0.4) is 0 Å². The predicted molar refractivity (Wildman–Crippen MR) is 116 cm³/mol. The van der Waals surface area contributed by atoms with E-state index in [2.05, 4.69) is 5.32 Å². The fraction of sp³-hybridized carbons (Fsp3) is 0.391. The Morgan fingerprint density at radius 3 is 2.47 bits per heavy atom. The Hall–Kier alpha value is -2.73. The van der Waals surface area contributed by atoms with Crippen molar-refractivity contribution >= 4 is 23.4 Å². The summed E-state index contributed by atoms with van der Waals surface area (Å²) < 4.78 is 11.0. The van der Waals surface area contributed by atoms with Crippen LogP contribution in [0.15, 0.2) is 36.4 Å². The van der Waals surface area contributed by atoms with Crippen molar-refractivity contribution in [1.82, 2.24) is 10.2 Å². The number of halogens is 1. The highest BCUT2D eigenvalue weighted by molar-refractivity contribution is 6.31. The fourth-order valence-electron chi connectivity index (χ4n) is 3.59. The first kappa shape index (κ1) is 22.0. The van der Waals surface area contributed by atoms with Gasteiger partial charge in [-0.2, -0.15) is 0 Å². The molecule has 0 atom stereocenters. The van der Waals surface area contributed by atoms with E-state index in [1.807, 2.05) is 32.0 Å². The maximum absolute atomic E-state index is 12.6. The number of hydrogen-bond acceptors (Lipinski definition) is 4. The Kier molecular flexibility index (Phi) is 7.21. The lowest BCUT2D eigenvalue weighted by Gasteiger charge is -2.32. The molecule has 0 saturated carbocycles. The van der Waals surface area contributed by atoms with Crippen LogP contribution in [-0.2, 0) is 4.79 Å². The first-order valence-corrected chi connectivity index (χ1v) is 10.4. The van der Waals surface area contributed by atoms with Gasteiger partial charge in [0.15, 0.2) is 6.61 Å². The third-order valence-electron chi connectivity index (χ3n) is 5.27. The molecule has 0 unspecified atom stereocenters. The van der Waals surface area contributed by atoms with E-state index in [0.29, 0.717) is 42.3 Å². The summed E-state index contributed by atoms with van der Waals surface area (Å²) in [7, 11) is 1.52. The summed E-state index contributed by atoms with van der Waals surface area (Å²) in [5.74, 6) is 0.938. The lowest BCUT2D eigenvalue weighted by molar-refractivity contribution is -0.134. The van der Waals surface area contributed by atoms with Crippen LogP contribution < -0.4 is 14.8 Å². The second-order valence-electron chi connectivity index (χ2n) is 7.53. The minimum atomic E-state index is -0.225. The van der Waals surface area contributed by atoms with Crippen LogP contribution in [0.5, 0.6) is 11.5 Å². The standard InChI is InChI=1S/C23H27ClN2O4/c1-15-4-6-20(16(2)12-15)30-14-22(27)26-10-8-18(9-11-26)25-23(28)19-13-17(24)5-7-21(19)29-3/h4-7,12-13,18H,8-11,14H2,1-3H3,(H,25,28). The zero-order chi connectivity index (χ0) is 21.7. The number of likely N-dealkylation sites (tertiary alicyclic amines) is 1. The van der Waals surface area contributed by atoms with Crippen LogP contribution in [0.4, 0.5) is 0 Å². The number of carbonyl (C=O) groups excluding carboxylic acids is 2. The molecule has 2 amide bonds. The van der Waals surface area contributed by atoms with E-state index in [1.54, 1.807) is 23.1 Å². The van der Waals surface area contributed by atoms with Crippen LogP contribution in [0, 0.1) is 13.8 Å². The number of rotatable bonds is 6. The summed E-state index contributed by atoms with van der Waals surface area (Å²) in [5.41, 5.74) is 2.58. The van der Waals surface area contributed by atoms with Crippen molar-refractivity contribution in [2.24, 2.45) is 0 Å². The largest absolute Gasteiger partial charge is 0.496 e. The van der Waals surface area contributed by atoms with Crippen molar-refractivity contribution in [2.45, 2.75) is 32.7 Å². The van der Waals surface area contributed by atoms with Gasteiger partial charge in [-0.15, -0.1) is 0 Å². The first-order valence-electron chi connectivity index (χ1n) is 9.99. The zero-order valence-electron chi connectivity index (χ0n) is 17.5. The Morgan fingerprint density at radius 2 is 1.80 bits per heavy atom. The monoisotopic (exact) mass is 430 g/mol. The highest BCUT2D eigenvalue weighted by Crippen LogP contribution is 2.23. The van der Waals surface area contributed by atoms with E-state index in [0.717, 1.165) is 16.9 Å². The van der Waals surface area contributed by atoms with Crippen LogP contribution in [-0.4, -0.2) is 49.6 Å². The van der Waals surface area contributed by atoms with Gasteiger partial charge < -0.3 is 19.7 Å². The molecule has 2 aromatic carbocycles. The Balaban J connectivity index is 1.49. The second kappa shape index (κ2) is 9.85. The van der Waals surface area contributed by atoms with Crippen molar-refractivity contribution in [2.75, 3.05) is 26.8 Å². The number of methoxy groups -OCH3 is 1. The number of piperidine rings is 1. The molecule has 1 saturated heterocycles. The summed E-state index contributed by atoms with van der Waals surface area (Å²) in [5, 5.41) is 3.50. The molecule has 0 aromatic heterocycles. The molecule has 7 heteroatoms. The molecule has 1 aliphatic heterocycles. The van der Waals surface area contributed by atoms with Crippen LogP contribution in [0.2, 0.25) is 5.02 Å². The molecule has 1 N–H and O–H groups in total. The smallest absolute Gasteiger partial charge is 0.260 e. The van der Waals surface area contributed by atoms with E-state index >= 15 is 0 Å².